The third kappa shape index (κ3) is 3.37. The van der Waals surface area contributed by atoms with Gasteiger partial charge in [-0.25, -0.2) is 9.97 Å². The van der Waals surface area contributed by atoms with Gasteiger partial charge >= 0.3 is 0 Å². The molecule has 136 valence electrons. The summed E-state index contributed by atoms with van der Waals surface area (Å²) in [5.74, 6) is 1.82. The molecule has 0 saturated carbocycles. The fourth-order valence-corrected chi connectivity index (χ4v) is 3.81. The molecule has 0 amide bonds. The van der Waals surface area contributed by atoms with Crippen LogP contribution in [0.3, 0.4) is 0 Å². The van der Waals surface area contributed by atoms with Crippen LogP contribution in [0.4, 0.5) is 5.82 Å². The SMILES string of the molecule is OC[C@@]1(CCOc2ccccc2)CCCN(c2ncnc3[nH]ccc23)C1. The predicted molar refractivity (Wildman–Crippen MR) is 101 cm³/mol. The highest BCUT2D eigenvalue weighted by molar-refractivity contribution is 5.87. The fraction of sp³-hybridized carbons (Fsp3) is 0.400. The Morgan fingerprint density at radius 2 is 2.08 bits per heavy atom. The van der Waals surface area contributed by atoms with Crippen LogP contribution in [0.5, 0.6) is 5.75 Å². The van der Waals surface area contributed by atoms with E-state index in [1.54, 1.807) is 6.33 Å². The summed E-state index contributed by atoms with van der Waals surface area (Å²) in [6.07, 6.45) is 6.33. The molecular formula is C20H24N4O2. The lowest BCUT2D eigenvalue weighted by atomic mass is 9.78. The van der Waals surface area contributed by atoms with Crippen molar-refractivity contribution in [1.82, 2.24) is 15.0 Å². The summed E-state index contributed by atoms with van der Waals surface area (Å²) in [7, 11) is 0. The van der Waals surface area contributed by atoms with Crippen molar-refractivity contribution in [3.63, 3.8) is 0 Å². The van der Waals surface area contributed by atoms with Gasteiger partial charge in [0.1, 0.15) is 23.5 Å². The van der Waals surface area contributed by atoms with Crippen LogP contribution in [-0.2, 0) is 0 Å². The zero-order chi connectivity index (χ0) is 17.8. The van der Waals surface area contributed by atoms with E-state index in [1.165, 1.54) is 0 Å². The standard InChI is InChI=1S/C20H24N4O2/c25-14-20(9-12-26-16-5-2-1-3-6-16)8-4-11-24(13-20)19-17-7-10-21-18(17)22-15-23-19/h1-3,5-7,10,15,25H,4,8-9,11-14H2,(H,21,22,23)/t20-/m1/s1. The maximum atomic E-state index is 10.2. The number of fused-ring (bicyclic) bond motifs is 1. The molecule has 0 aliphatic carbocycles. The highest BCUT2D eigenvalue weighted by Crippen LogP contribution is 2.36. The van der Waals surface area contributed by atoms with E-state index in [1.807, 2.05) is 42.6 Å². The maximum Gasteiger partial charge on any atom is 0.142 e. The molecule has 6 nitrogen and oxygen atoms in total. The molecule has 1 saturated heterocycles. The first-order chi connectivity index (χ1) is 12.8. The van der Waals surface area contributed by atoms with Crippen molar-refractivity contribution in [1.29, 1.82) is 0 Å². The molecule has 1 atom stereocenters. The molecule has 3 heterocycles. The number of anilines is 1. The summed E-state index contributed by atoms with van der Waals surface area (Å²) in [4.78, 5) is 14.2. The Labute approximate surface area is 152 Å². The molecule has 6 heteroatoms. The topological polar surface area (TPSA) is 74.3 Å². The average molecular weight is 352 g/mol. The molecule has 4 rings (SSSR count). The van der Waals surface area contributed by atoms with Crippen LogP contribution in [0.1, 0.15) is 19.3 Å². The first-order valence-electron chi connectivity index (χ1n) is 9.11. The number of piperidine rings is 1. The molecule has 2 N–H and O–H groups in total. The summed E-state index contributed by atoms with van der Waals surface area (Å²) >= 11 is 0. The molecule has 1 fully saturated rings. The fourth-order valence-electron chi connectivity index (χ4n) is 3.81. The van der Waals surface area contributed by atoms with Crippen LogP contribution in [0, 0.1) is 5.41 Å². The Balaban J connectivity index is 1.47. The zero-order valence-corrected chi connectivity index (χ0v) is 14.8. The van der Waals surface area contributed by atoms with Crippen LogP contribution in [-0.4, -0.2) is 46.4 Å². The van der Waals surface area contributed by atoms with Crippen molar-refractivity contribution in [2.75, 3.05) is 31.2 Å². The van der Waals surface area contributed by atoms with Crippen LogP contribution in [0.2, 0.25) is 0 Å². The lowest BCUT2D eigenvalue weighted by molar-refractivity contribution is 0.0793. The minimum absolute atomic E-state index is 0.156. The van der Waals surface area contributed by atoms with Gasteiger partial charge in [-0.3, -0.25) is 0 Å². The largest absolute Gasteiger partial charge is 0.494 e. The summed E-state index contributed by atoms with van der Waals surface area (Å²) in [6.45, 7) is 2.47. The second kappa shape index (κ2) is 7.33. The molecule has 0 bridgehead atoms. The Morgan fingerprint density at radius 1 is 1.19 bits per heavy atom. The number of nitrogens with one attached hydrogen (secondary N) is 1. The number of benzene rings is 1. The van der Waals surface area contributed by atoms with Crippen molar-refractivity contribution in [3.8, 4) is 5.75 Å². The molecule has 0 unspecified atom stereocenters. The molecule has 3 aromatic rings. The van der Waals surface area contributed by atoms with Crippen LogP contribution in [0.25, 0.3) is 11.0 Å². The average Bonchev–Trinajstić information content (AvgIpc) is 3.18. The third-order valence-corrected chi connectivity index (χ3v) is 5.27. The van der Waals surface area contributed by atoms with Gasteiger partial charge in [0.2, 0.25) is 0 Å². The number of aromatic amines is 1. The summed E-state index contributed by atoms with van der Waals surface area (Å²) in [6, 6.07) is 11.8. The quantitative estimate of drug-likeness (QED) is 0.713. The normalized spacial score (nSPS) is 20.4. The van der Waals surface area contributed by atoms with E-state index in [2.05, 4.69) is 19.9 Å². The Bertz CT molecular complexity index is 851. The summed E-state index contributed by atoms with van der Waals surface area (Å²) < 4.78 is 5.87. The van der Waals surface area contributed by atoms with Gasteiger partial charge in [0.15, 0.2) is 0 Å². The van der Waals surface area contributed by atoms with Gasteiger partial charge in [-0.2, -0.15) is 0 Å². The Hall–Kier alpha value is -2.60. The molecular weight excluding hydrogens is 328 g/mol. The first-order valence-corrected chi connectivity index (χ1v) is 9.11. The lowest BCUT2D eigenvalue weighted by Crippen LogP contribution is -2.46. The number of nitrogens with zero attached hydrogens (tertiary/aromatic N) is 3. The van der Waals surface area contributed by atoms with Crippen LogP contribution < -0.4 is 9.64 Å². The monoisotopic (exact) mass is 352 g/mol. The molecule has 26 heavy (non-hydrogen) atoms. The first kappa shape index (κ1) is 16.8. The van der Waals surface area contributed by atoms with Gasteiger partial charge in [0, 0.05) is 24.7 Å². The van der Waals surface area contributed by atoms with E-state index >= 15 is 0 Å². The zero-order valence-electron chi connectivity index (χ0n) is 14.8. The second-order valence-electron chi connectivity index (χ2n) is 7.03. The molecule has 1 aromatic carbocycles. The lowest BCUT2D eigenvalue weighted by Gasteiger charge is -2.42. The van der Waals surface area contributed by atoms with E-state index in [-0.39, 0.29) is 12.0 Å². The third-order valence-electron chi connectivity index (χ3n) is 5.27. The summed E-state index contributed by atoms with van der Waals surface area (Å²) in [5.41, 5.74) is 0.684. The number of aliphatic hydroxyl groups excluding tert-OH is 1. The predicted octanol–water partition coefficient (Wildman–Crippen LogP) is 3.01. The van der Waals surface area contributed by atoms with Gasteiger partial charge in [-0.05, 0) is 37.5 Å². The van der Waals surface area contributed by atoms with Gasteiger partial charge in [-0.1, -0.05) is 18.2 Å². The van der Waals surface area contributed by atoms with Gasteiger partial charge in [0.05, 0.1) is 18.6 Å². The Kier molecular flexibility index (Phi) is 4.75. The van der Waals surface area contributed by atoms with Gasteiger partial charge in [0.25, 0.3) is 0 Å². The molecule has 0 spiro atoms. The summed E-state index contributed by atoms with van der Waals surface area (Å²) in [5, 5.41) is 11.2. The molecule has 0 radical (unpaired) electrons. The number of aliphatic hydroxyl groups is 1. The van der Waals surface area contributed by atoms with Crippen LogP contribution >= 0.6 is 0 Å². The minimum Gasteiger partial charge on any atom is -0.494 e. The van der Waals surface area contributed by atoms with Gasteiger partial charge < -0.3 is 19.7 Å². The highest BCUT2D eigenvalue weighted by atomic mass is 16.5. The number of para-hydroxylation sites is 1. The second-order valence-corrected chi connectivity index (χ2v) is 7.03. The Morgan fingerprint density at radius 3 is 2.92 bits per heavy atom. The van der Waals surface area contributed by atoms with Crippen molar-refractivity contribution in [3.05, 3.63) is 48.9 Å². The van der Waals surface area contributed by atoms with Crippen molar-refractivity contribution in [2.24, 2.45) is 5.41 Å². The number of rotatable bonds is 6. The van der Waals surface area contributed by atoms with E-state index in [4.69, 9.17) is 4.74 Å². The van der Waals surface area contributed by atoms with Gasteiger partial charge in [-0.15, -0.1) is 0 Å². The van der Waals surface area contributed by atoms with E-state index in [0.717, 1.165) is 55.0 Å². The smallest absolute Gasteiger partial charge is 0.142 e. The maximum absolute atomic E-state index is 10.2. The van der Waals surface area contributed by atoms with E-state index in [0.29, 0.717) is 6.61 Å². The molecule has 1 aliphatic rings. The number of hydrogen-bond donors (Lipinski definition) is 2. The van der Waals surface area contributed by atoms with E-state index < -0.39 is 0 Å². The van der Waals surface area contributed by atoms with Crippen molar-refractivity contribution in [2.45, 2.75) is 19.3 Å². The highest BCUT2D eigenvalue weighted by Gasteiger charge is 2.36. The van der Waals surface area contributed by atoms with E-state index in [9.17, 15) is 5.11 Å². The molecule has 1 aliphatic heterocycles. The number of ether oxygens (including phenoxy) is 1. The molecule has 2 aromatic heterocycles. The number of hydrogen-bond acceptors (Lipinski definition) is 5. The van der Waals surface area contributed by atoms with Crippen molar-refractivity contribution >= 4 is 16.9 Å². The van der Waals surface area contributed by atoms with Crippen LogP contribution in [0.15, 0.2) is 48.9 Å². The van der Waals surface area contributed by atoms with Crippen molar-refractivity contribution < 1.29 is 9.84 Å². The number of aromatic nitrogens is 3. The number of H-pyrrole nitrogens is 1. The minimum atomic E-state index is -0.166.